The molecule has 4 heteroatoms. The Morgan fingerprint density at radius 2 is 2.06 bits per heavy atom. The van der Waals surface area contributed by atoms with E-state index in [0.29, 0.717) is 19.6 Å². The van der Waals surface area contributed by atoms with Crippen LogP contribution in [0.1, 0.15) is 18.9 Å². The van der Waals surface area contributed by atoms with E-state index in [0.717, 1.165) is 5.56 Å². The van der Waals surface area contributed by atoms with Crippen LogP contribution in [0.2, 0.25) is 0 Å². The first-order valence-corrected chi connectivity index (χ1v) is 5.69. The number of ether oxygens (including phenoxy) is 1. The van der Waals surface area contributed by atoms with E-state index in [1.807, 2.05) is 37.3 Å². The van der Waals surface area contributed by atoms with Gasteiger partial charge in [-0.3, -0.25) is 4.79 Å². The molecule has 94 valence electrons. The number of rotatable bonds is 7. The Kier molecular flexibility index (Phi) is 5.66. The normalized spacial score (nSPS) is 14.2. The number of carboxylic acid groups (broad SMARTS) is 1. The van der Waals surface area contributed by atoms with E-state index in [4.69, 9.17) is 15.6 Å². The Labute approximate surface area is 101 Å². The van der Waals surface area contributed by atoms with Crippen LogP contribution in [0.5, 0.6) is 0 Å². The lowest BCUT2D eigenvalue weighted by atomic mass is 10.0. The fourth-order valence-corrected chi connectivity index (χ4v) is 1.55. The number of nitrogens with two attached hydrogens (primary N) is 1. The molecular formula is C13H19NO3. The van der Waals surface area contributed by atoms with Gasteiger partial charge in [0.05, 0.1) is 6.61 Å². The molecule has 0 saturated carbocycles. The lowest BCUT2D eigenvalue weighted by Crippen LogP contribution is -2.32. The second kappa shape index (κ2) is 7.04. The van der Waals surface area contributed by atoms with Crippen molar-refractivity contribution < 1.29 is 14.6 Å². The third kappa shape index (κ3) is 5.47. The Balaban J connectivity index is 2.20. The second-order valence-corrected chi connectivity index (χ2v) is 4.29. The number of hydrogen-bond acceptors (Lipinski definition) is 3. The number of hydrogen-bond donors (Lipinski definition) is 2. The summed E-state index contributed by atoms with van der Waals surface area (Å²) in [6, 6.07) is 9.06. The van der Waals surface area contributed by atoms with Crippen molar-refractivity contribution in [2.75, 3.05) is 6.61 Å². The zero-order valence-electron chi connectivity index (χ0n) is 10.0. The van der Waals surface area contributed by atoms with Gasteiger partial charge in [-0.1, -0.05) is 37.3 Å². The minimum absolute atomic E-state index is 0.143. The van der Waals surface area contributed by atoms with E-state index < -0.39 is 12.0 Å². The highest BCUT2D eigenvalue weighted by molar-refractivity contribution is 5.72. The SMILES string of the molecule is CC(COCc1ccccc1)C[C@@H](N)C(=O)O. The predicted molar refractivity (Wildman–Crippen MR) is 65.5 cm³/mol. The molecule has 0 amide bonds. The van der Waals surface area contributed by atoms with E-state index in [-0.39, 0.29) is 5.92 Å². The van der Waals surface area contributed by atoms with Gasteiger partial charge < -0.3 is 15.6 Å². The number of benzene rings is 1. The number of aliphatic carboxylic acids is 1. The lowest BCUT2D eigenvalue weighted by molar-refractivity contribution is -0.139. The summed E-state index contributed by atoms with van der Waals surface area (Å²) in [6.45, 7) is 3.01. The third-order valence-corrected chi connectivity index (χ3v) is 2.49. The maximum atomic E-state index is 10.6. The van der Waals surface area contributed by atoms with Gasteiger partial charge in [0.2, 0.25) is 0 Å². The minimum atomic E-state index is -0.958. The average molecular weight is 237 g/mol. The van der Waals surface area contributed by atoms with Crippen molar-refractivity contribution in [1.29, 1.82) is 0 Å². The Morgan fingerprint density at radius 1 is 1.41 bits per heavy atom. The Hall–Kier alpha value is -1.39. The molecule has 0 radical (unpaired) electrons. The third-order valence-electron chi connectivity index (χ3n) is 2.49. The van der Waals surface area contributed by atoms with Crippen LogP contribution in [-0.4, -0.2) is 23.7 Å². The zero-order chi connectivity index (χ0) is 12.7. The van der Waals surface area contributed by atoms with Gasteiger partial charge in [-0.25, -0.2) is 0 Å². The molecule has 0 aromatic heterocycles. The molecular weight excluding hydrogens is 218 g/mol. The average Bonchev–Trinajstić information content (AvgIpc) is 2.30. The molecule has 4 nitrogen and oxygen atoms in total. The number of carboxylic acids is 1. The van der Waals surface area contributed by atoms with Gasteiger partial charge in [0.25, 0.3) is 0 Å². The molecule has 0 heterocycles. The van der Waals surface area contributed by atoms with Gasteiger partial charge in [-0.2, -0.15) is 0 Å². The summed E-state index contributed by atoms with van der Waals surface area (Å²) in [5.74, 6) is -0.815. The quantitative estimate of drug-likeness (QED) is 0.756. The first kappa shape index (κ1) is 13.7. The van der Waals surface area contributed by atoms with Crippen LogP contribution in [0.25, 0.3) is 0 Å². The highest BCUT2D eigenvalue weighted by atomic mass is 16.5. The van der Waals surface area contributed by atoms with Crippen LogP contribution in [0.4, 0.5) is 0 Å². The van der Waals surface area contributed by atoms with Gasteiger partial charge in [-0.15, -0.1) is 0 Å². The molecule has 2 atom stereocenters. The van der Waals surface area contributed by atoms with Crippen molar-refractivity contribution in [2.24, 2.45) is 11.7 Å². The molecule has 0 bridgehead atoms. The molecule has 0 aliphatic heterocycles. The molecule has 17 heavy (non-hydrogen) atoms. The first-order chi connectivity index (χ1) is 8.09. The minimum Gasteiger partial charge on any atom is -0.480 e. The van der Waals surface area contributed by atoms with E-state index in [1.54, 1.807) is 0 Å². The Morgan fingerprint density at radius 3 is 2.65 bits per heavy atom. The fraction of sp³-hybridized carbons (Fsp3) is 0.462. The zero-order valence-corrected chi connectivity index (χ0v) is 10.0. The Bertz CT molecular complexity index is 340. The molecule has 0 saturated heterocycles. The molecule has 0 fully saturated rings. The van der Waals surface area contributed by atoms with Crippen LogP contribution >= 0.6 is 0 Å². The standard InChI is InChI=1S/C13H19NO3/c1-10(7-12(14)13(15)16)8-17-9-11-5-3-2-4-6-11/h2-6,10,12H,7-9,14H2,1H3,(H,15,16)/t10?,12-/m1/s1. The molecule has 1 unspecified atom stereocenters. The fourth-order valence-electron chi connectivity index (χ4n) is 1.55. The summed E-state index contributed by atoms with van der Waals surface area (Å²) in [5.41, 5.74) is 6.56. The maximum Gasteiger partial charge on any atom is 0.320 e. The smallest absolute Gasteiger partial charge is 0.320 e. The van der Waals surface area contributed by atoms with E-state index >= 15 is 0 Å². The first-order valence-electron chi connectivity index (χ1n) is 5.69. The van der Waals surface area contributed by atoms with Gasteiger partial charge in [0.1, 0.15) is 6.04 Å². The molecule has 3 N–H and O–H groups in total. The summed E-state index contributed by atoms with van der Waals surface area (Å²) >= 11 is 0. The van der Waals surface area contributed by atoms with Crippen LogP contribution in [0.15, 0.2) is 30.3 Å². The highest BCUT2D eigenvalue weighted by Crippen LogP contribution is 2.08. The molecule has 1 aromatic carbocycles. The molecule has 0 aliphatic rings. The second-order valence-electron chi connectivity index (χ2n) is 4.29. The van der Waals surface area contributed by atoms with Gasteiger partial charge in [-0.05, 0) is 17.9 Å². The maximum absolute atomic E-state index is 10.6. The van der Waals surface area contributed by atoms with Gasteiger partial charge in [0, 0.05) is 6.61 Å². The summed E-state index contributed by atoms with van der Waals surface area (Å²) in [7, 11) is 0. The lowest BCUT2D eigenvalue weighted by Gasteiger charge is -2.14. The van der Waals surface area contributed by atoms with E-state index in [9.17, 15) is 4.79 Å². The van der Waals surface area contributed by atoms with Crippen LogP contribution in [0, 0.1) is 5.92 Å². The summed E-state index contributed by atoms with van der Waals surface area (Å²) in [6.07, 6.45) is 0.435. The van der Waals surface area contributed by atoms with Crippen LogP contribution < -0.4 is 5.73 Å². The van der Waals surface area contributed by atoms with E-state index in [1.165, 1.54) is 0 Å². The highest BCUT2D eigenvalue weighted by Gasteiger charge is 2.15. The largest absolute Gasteiger partial charge is 0.480 e. The van der Waals surface area contributed by atoms with Crippen molar-refractivity contribution in [3.8, 4) is 0 Å². The molecule has 1 aromatic rings. The molecule has 0 spiro atoms. The van der Waals surface area contributed by atoms with Crippen molar-refractivity contribution in [1.82, 2.24) is 0 Å². The summed E-state index contributed by atoms with van der Waals surface area (Å²) in [4.78, 5) is 10.6. The predicted octanol–water partition coefficient (Wildman–Crippen LogP) is 1.64. The van der Waals surface area contributed by atoms with E-state index in [2.05, 4.69) is 0 Å². The van der Waals surface area contributed by atoms with Crippen molar-refractivity contribution in [3.05, 3.63) is 35.9 Å². The van der Waals surface area contributed by atoms with Crippen LogP contribution in [-0.2, 0) is 16.1 Å². The van der Waals surface area contributed by atoms with Gasteiger partial charge in [0.15, 0.2) is 0 Å². The topological polar surface area (TPSA) is 72.5 Å². The van der Waals surface area contributed by atoms with Gasteiger partial charge >= 0.3 is 5.97 Å². The summed E-state index contributed by atoms with van der Waals surface area (Å²) in [5, 5.41) is 8.67. The molecule has 1 rings (SSSR count). The van der Waals surface area contributed by atoms with Crippen molar-refractivity contribution in [3.63, 3.8) is 0 Å². The van der Waals surface area contributed by atoms with Crippen molar-refractivity contribution in [2.45, 2.75) is 26.0 Å². The number of carbonyl (C=O) groups is 1. The van der Waals surface area contributed by atoms with Crippen molar-refractivity contribution >= 4 is 5.97 Å². The molecule has 0 aliphatic carbocycles. The van der Waals surface area contributed by atoms with Crippen LogP contribution in [0.3, 0.4) is 0 Å². The summed E-state index contributed by atoms with van der Waals surface area (Å²) < 4.78 is 5.51. The monoisotopic (exact) mass is 237 g/mol.